The van der Waals surface area contributed by atoms with E-state index in [0.29, 0.717) is 13.0 Å². The normalized spacial score (nSPS) is 20.1. The molecule has 2 atom stereocenters. The van der Waals surface area contributed by atoms with Gasteiger partial charge in [-0.15, -0.1) is 5.92 Å². The predicted molar refractivity (Wildman–Crippen MR) is 97.7 cm³/mol. The van der Waals surface area contributed by atoms with E-state index in [0.717, 1.165) is 39.1 Å². The van der Waals surface area contributed by atoms with Gasteiger partial charge in [-0.3, -0.25) is 4.79 Å². The van der Waals surface area contributed by atoms with Crippen LogP contribution < -0.4 is 0 Å². The van der Waals surface area contributed by atoms with Crippen LogP contribution in [-0.4, -0.2) is 49.8 Å². The fourth-order valence-corrected chi connectivity index (χ4v) is 2.74. The molecule has 138 valence electrons. The van der Waals surface area contributed by atoms with Crippen LogP contribution in [0.15, 0.2) is 0 Å². The van der Waals surface area contributed by atoms with Crippen molar-refractivity contribution in [3.8, 4) is 11.8 Å². The standard InChI is InChI=1S/C20H35NO3/c1-4-7-12-21(13-8-5-2)14-10-9-11-18-16-19(24-20(18)22)17-23-15-6-3/h18-19H,4-8,10,12-17H2,1-3H3. The van der Waals surface area contributed by atoms with Gasteiger partial charge < -0.3 is 14.4 Å². The van der Waals surface area contributed by atoms with Crippen molar-refractivity contribution in [2.45, 2.75) is 71.8 Å². The van der Waals surface area contributed by atoms with Gasteiger partial charge in [0.25, 0.3) is 0 Å². The summed E-state index contributed by atoms with van der Waals surface area (Å²) in [5.41, 5.74) is 0. The lowest BCUT2D eigenvalue weighted by Gasteiger charge is -2.20. The first-order chi connectivity index (χ1) is 11.7. The van der Waals surface area contributed by atoms with Gasteiger partial charge in [0.2, 0.25) is 0 Å². The number of hydrogen-bond acceptors (Lipinski definition) is 4. The summed E-state index contributed by atoms with van der Waals surface area (Å²) < 4.78 is 10.8. The Morgan fingerprint density at radius 1 is 1.12 bits per heavy atom. The van der Waals surface area contributed by atoms with Crippen LogP contribution >= 0.6 is 0 Å². The Morgan fingerprint density at radius 2 is 1.83 bits per heavy atom. The number of carbonyl (C=O) groups is 1. The third-order valence-corrected chi connectivity index (χ3v) is 4.20. The molecule has 0 aliphatic carbocycles. The van der Waals surface area contributed by atoms with E-state index in [-0.39, 0.29) is 18.0 Å². The summed E-state index contributed by atoms with van der Waals surface area (Å²) in [5, 5.41) is 0. The maximum atomic E-state index is 11.8. The highest BCUT2D eigenvalue weighted by atomic mass is 16.6. The van der Waals surface area contributed by atoms with E-state index in [2.05, 4.69) is 37.5 Å². The Balaban J connectivity index is 2.31. The van der Waals surface area contributed by atoms with E-state index in [1.54, 1.807) is 0 Å². The maximum absolute atomic E-state index is 11.8. The average Bonchev–Trinajstić information content (AvgIpc) is 2.93. The van der Waals surface area contributed by atoms with Crippen LogP contribution in [0.25, 0.3) is 0 Å². The molecule has 2 unspecified atom stereocenters. The Labute approximate surface area is 148 Å². The molecule has 0 aromatic heterocycles. The smallest absolute Gasteiger partial charge is 0.321 e. The molecule has 1 aliphatic heterocycles. The number of ether oxygens (including phenoxy) is 2. The second-order valence-electron chi connectivity index (χ2n) is 6.54. The highest BCUT2D eigenvalue weighted by Gasteiger charge is 2.33. The van der Waals surface area contributed by atoms with E-state index >= 15 is 0 Å². The van der Waals surface area contributed by atoms with Crippen LogP contribution in [0.3, 0.4) is 0 Å². The number of nitrogens with zero attached hydrogens (tertiary/aromatic N) is 1. The van der Waals surface area contributed by atoms with Crippen molar-refractivity contribution in [1.29, 1.82) is 0 Å². The Kier molecular flexibility index (Phi) is 11.6. The zero-order valence-corrected chi connectivity index (χ0v) is 15.8. The zero-order valence-electron chi connectivity index (χ0n) is 15.8. The molecule has 0 aromatic rings. The van der Waals surface area contributed by atoms with Gasteiger partial charge in [-0.2, -0.15) is 0 Å². The van der Waals surface area contributed by atoms with Gasteiger partial charge in [0.1, 0.15) is 12.0 Å². The lowest BCUT2D eigenvalue weighted by Crippen LogP contribution is -2.27. The second kappa shape index (κ2) is 13.3. The number of hydrogen-bond donors (Lipinski definition) is 0. The van der Waals surface area contributed by atoms with Crippen molar-refractivity contribution in [1.82, 2.24) is 4.90 Å². The minimum absolute atomic E-state index is 0.117. The molecule has 0 saturated carbocycles. The first-order valence-corrected chi connectivity index (χ1v) is 9.70. The molecule has 0 radical (unpaired) electrons. The van der Waals surface area contributed by atoms with Crippen LogP contribution in [0.4, 0.5) is 0 Å². The van der Waals surface area contributed by atoms with E-state index in [9.17, 15) is 4.79 Å². The summed E-state index contributed by atoms with van der Waals surface area (Å²) >= 11 is 0. The van der Waals surface area contributed by atoms with Gasteiger partial charge in [-0.05, 0) is 32.4 Å². The van der Waals surface area contributed by atoms with E-state index in [4.69, 9.17) is 9.47 Å². The molecule has 0 amide bonds. The van der Waals surface area contributed by atoms with Crippen molar-refractivity contribution in [3.05, 3.63) is 0 Å². The summed E-state index contributed by atoms with van der Waals surface area (Å²) in [5.74, 6) is 5.86. The molecule has 1 fully saturated rings. The van der Waals surface area contributed by atoms with Crippen LogP contribution in [0.5, 0.6) is 0 Å². The molecule has 0 aromatic carbocycles. The third kappa shape index (κ3) is 8.70. The van der Waals surface area contributed by atoms with Gasteiger partial charge in [-0.25, -0.2) is 0 Å². The first kappa shape index (κ1) is 21.0. The molecule has 1 heterocycles. The van der Waals surface area contributed by atoms with Crippen LogP contribution in [0, 0.1) is 17.8 Å². The molecular formula is C20H35NO3. The van der Waals surface area contributed by atoms with Crippen molar-refractivity contribution in [2.75, 3.05) is 32.8 Å². The van der Waals surface area contributed by atoms with E-state index < -0.39 is 0 Å². The highest BCUT2D eigenvalue weighted by Crippen LogP contribution is 2.20. The molecule has 1 saturated heterocycles. The molecule has 1 rings (SSSR count). The minimum Gasteiger partial charge on any atom is -0.459 e. The van der Waals surface area contributed by atoms with Crippen LogP contribution in [0.1, 0.15) is 65.7 Å². The first-order valence-electron chi connectivity index (χ1n) is 9.70. The summed E-state index contributed by atoms with van der Waals surface area (Å²) in [6, 6.07) is 0. The molecule has 1 aliphatic rings. The monoisotopic (exact) mass is 337 g/mol. The average molecular weight is 338 g/mol. The van der Waals surface area contributed by atoms with Crippen molar-refractivity contribution < 1.29 is 14.3 Å². The Bertz CT molecular complexity index is 391. The quantitative estimate of drug-likeness (QED) is 0.310. The number of rotatable bonds is 12. The Morgan fingerprint density at radius 3 is 2.46 bits per heavy atom. The second-order valence-corrected chi connectivity index (χ2v) is 6.54. The van der Waals surface area contributed by atoms with Gasteiger partial charge in [0, 0.05) is 26.0 Å². The number of cyclic esters (lactones) is 1. The molecule has 0 bridgehead atoms. The lowest BCUT2D eigenvalue weighted by atomic mass is 10.1. The summed E-state index contributed by atoms with van der Waals surface area (Å²) in [6.07, 6.45) is 7.30. The highest BCUT2D eigenvalue weighted by molar-refractivity contribution is 5.77. The topological polar surface area (TPSA) is 38.8 Å². The third-order valence-electron chi connectivity index (χ3n) is 4.20. The van der Waals surface area contributed by atoms with Gasteiger partial charge in [0.15, 0.2) is 0 Å². The van der Waals surface area contributed by atoms with Crippen molar-refractivity contribution in [3.63, 3.8) is 0 Å². The maximum Gasteiger partial charge on any atom is 0.321 e. The lowest BCUT2D eigenvalue weighted by molar-refractivity contribution is -0.144. The van der Waals surface area contributed by atoms with Crippen molar-refractivity contribution >= 4 is 5.97 Å². The number of carbonyl (C=O) groups excluding carboxylic acids is 1. The largest absolute Gasteiger partial charge is 0.459 e. The van der Waals surface area contributed by atoms with Gasteiger partial charge in [-0.1, -0.05) is 39.5 Å². The van der Waals surface area contributed by atoms with Gasteiger partial charge >= 0.3 is 5.97 Å². The molecule has 4 heteroatoms. The SMILES string of the molecule is CCCCN(CCC#CC1CC(COCCC)OC1=O)CCCC. The van der Waals surface area contributed by atoms with Gasteiger partial charge in [0.05, 0.1) is 6.61 Å². The summed E-state index contributed by atoms with van der Waals surface area (Å²) in [6.45, 7) is 11.0. The van der Waals surface area contributed by atoms with E-state index in [1.165, 1.54) is 25.7 Å². The van der Waals surface area contributed by atoms with Crippen LogP contribution in [-0.2, 0) is 14.3 Å². The molecule has 0 N–H and O–H groups in total. The van der Waals surface area contributed by atoms with Crippen LogP contribution in [0.2, 0.25) is 0 Å². The molecular weight excluding hydrogens is 302 g/mol. The van der Waals surface area contributed by atoms with E-state index in [1.807, 2.05) is 0 Å². The fraction of sp³-hybridized carbons (Fsp3) is 0.850. The molecule has 4 nitrogen and oxygen atoms in total. The fourth-order valence-electron chi connectivity index (χ4n) is 2.74. The summed E-state index contributed by atoms with van der Waals surface area (Å²) in [7, 11) is 0. The number of unbranched alkanes of at least 4 members (excludes halogenated alkanes) is 2. The molecule has 24 heavy (non-hydrogen) atoms. The Hall–Kier alpha value is -1.05. The minimum atomic E-state index is -0.264. The number of esters is 1. The predicted octanol–water partition coefficient (Wildman–Crippen LogP) is 3.64. The van der Waals surface area contributed by atoms with Crippen molar-refractivity contribution in [2.24, 2.45) is 5.92 Å². The molecule has 0 spiro atoms. The summed E-state index contributed by atoms with van der Waals surface area (Å²) in [4.78, 5) is 14.3. The zero-order chi connectivity index (χ0) is 17.6.